The summed E-state index contributed by atoms with van der Waals surface area (Å²) in [5, 5.41) is 0. The fraction of sp³-hybridized carbons (Fsp3) is 0.682. The van der Waals surface area contributed by atoms with Gasteiger partial charge >= 0.3 is 0 Å². The Labute approximate surface area is 145 Å². The number of likely N-dealkylation sites (tertiary alicyclic amines) is 1. The number of rotatable bonds is 2. The highest BCUT2D eigenvalue weighted by molar-refractivity contribution is 5.84. The summed E-state index contributed by atoms with van der Waals surface area (Å²) in [6.45, 7) is 4.18. The Kier molecular flexibility index (Phi) is 3.18. The van der Waals surface area contributed by atoms with Crippen LogP contribution in [0.1, 0.15) is 62.5 Å². The fourth-order valence-corrected chi connectivity index (χ4v) is 7.01. The van der Waals surface area contributed by atoms with Crippen LogP contribution in [0, 0.1) is 24.2 Å². The maximum absolute atomic E-state index is 13.5. The summed E-state index contributed by atoms with van der Waals surface area (Å²) in [5.41, 5.74) is 3.11. The molecule has 1 aromatic rings. The average molecular weight is 323 g/mol. The second-order valence-electron chi connectivity index (χ2n) is 9.39. The van der Waals surface area contributed by atoms with E-state index in [1.807, 2.05) is 0 Å². The Morgan fingerprint density at radius 3 is 2.25 bits per heavy atom. The van der Waals surface area contributed by atoms with Crippen LogP contribution in [0.15, 0.2) is 24.3 Å². The van der Waals surface area contributed by atoms with Crippen LogP contribution in [0.3, 0.4) is 0 Å². The molecule has 2 heteroatoms. The van der Waals surface area contributed by atoms with Gasteiger partial charge in [0.1, 0.15) is 0 Å². The summed E-state index contributed by atoms with van der Waals surface area (Å²) in [5.74, 6) is 2.07. The molecule has 4 saturated carbocycles. The molecule has 1 amide bonds. The molecule has 0 aromatic heterocycles. The molecule has 1 aliphatic heterocycles. The lowest BCUT2D eigenvalue weighted by atomic mass is 9.42. The summed E-state index contributed by atoms with van der Waals surface area (Å²) in [7, 11) is 0. The lowest BCUT2D eigenvalue weighted by Gasteiger charge is -2.62. The highest BCUT2D eigenvalue weighted by Crippen LogP contribution is 2.66. The Hall–Kier alpha value is -1.31. The minimum atomic E-state index is -0.0285. The minimum absolute atomic E-state index is 0.0285. The Morgan fingerprint density at radius 2 is 1.62 bits per heavy atom. The van der Waals surface area contributed by atoms with Gasteiger partial charge in [-0.05, 0) is 81.1 Å². The summed E-state index contributed by atoms with van der Waals surface area (Å²) in [6, 6.07) is 9.25. The van der Waals surface area contributed by atoms with Crippen LogP contribution in [-0.4, -0.2) is 23.9 Å². The number of carbonyl (C=O) groups excluding carboxylic acids is 1. The molecule has 0 radical (unpaired) electrons. The standard InChI is InChI=1S/C22H29NO/c1-16-4-6-19(7-5-16)21-11-17-10-18(12-21)14-22(13-17,15-21)20(24)23-8-2-3-9-23/h4-7,17-18H,2-3,8-15H2,1H3/t17-,18+,21?,22?. The topological polar surface area (TPSA) is 20.3 Å². The second kappa shape index (κ2) is 5.09. The number of amides is 1. The largest absolute Gasteiger partial charge is 0.342 e. The zero-order chi connectivity index (χ0) is 16.4. The predicted molar refractivity (Wildman–Crippen MR) is 95.8 cm³/mol. The van der Waals surface area contributed by atoms with Gasteiger partial charge in [-0.25, -0.2) is 0 Å². The molecule has 4 atom stereocenters. The molecule has 128 valence electrons. The van der Waals surface area contributed by atoms with Crippen LogP contribution in [0.4, 0.5) is 0 Å². The number of benzene rings is 1. The van der Waals surface area contributed by atoms with Crippen LogP contribution >= 0.6 is 0 Å². The molecule has 1 aromatic carbocycles. The molecule has 5 aliphatic rings. The number of carbonyl (C=O) groups is 1. The van der Waals surface area contributed by atoms with Crippen LogP contribution in [0.5, 0.6) is 0 Å². The van der Waals surface area contributed by atoms with Crippen molar-refractivity contribution in [1.29, 1.82) is 0 Å². The van der Waals surface area contributed by atoms with E-state index in [1.54, 1.807) is 0 Å². The number of aryl methyl sites for hydroxylation is 1. The highest BCUT2D eigenvalue weighted by Gasteiger charge is 2.61. The van der Waals surface area contributed by atoms with Crippen LogP contribution in [-0.2, 0) is 10.2 Å². The normalized spacial score (nSPS) is 40.3. The number of hydrogen-bond donors (Lipinski definition) is 0. The molecule has 4 aliphatic carbocycles. The average Bonchev–Trinajstić information content (AvgIpc) is 3.07. The molecule has 1 saturated heterocycles. The third-order valence-corrected chi connectivity index (χ3v) is 7.57. The van der Waals surface area contributed by atoms with E-state index in [4.69, 9.17) is 0 Å². The van der Waals surface area contributed by atoms with Crippen molar-refractivity contribution in [2.45, 2.75) is 63.7 Å². The van der Waals surface area contributed by atoms with Gasteiger partial charge in [-0.3, -0.25) is 4.79 Å². The van der Waals surface area contributed by atoms with E-state index in [9.17, 15) is 4.79 Å². The van der Waals surface area contributed by atoms with Crippen molar-refractivity contribution in [2.75, 3.05) is 13.1 Å². The molecule has 1 heterocycles. The zero-order valence-electron chi connectivity index (χ0n) is 14.9. The molecule has 0 N–H and O–H groups in total. The molecular weight excluding hydrogens is 294 g/mol. The maximum Gasteiger partial charge on any atom is 0.228 e. The molecule has 2 nitrogen and oxygen atoms in total. The highest BCUT2D eigenvalue weighted by atomic mass is 16.2. The molecule has 4 bridgehead atoms. The summed E-state index contributed by atoms with van der Waals surface area (Å²) in [6.07, 6.45) is 9.89. The summed E-state index contributed by atoms with van der Waals surface area (Å²) in [4.78, 5) is 15.7. The third kappa shape index (κ3) is 2.11. The van der Waals surface area contributed by atoms with Crippen molar-refractivity contribution >= 4 is 5.91 Å². The Balaban J connectivity index is 1.52. The quantitative estimate of drug-likeness (QED) is 0.787. The Bertz CT molecular complexity index is 641. The Morgan fingerprint density at radius 1 is 1.00 bits per heavy atom. The second-order valence-corrected chi connectivity index (χ2v) is 9.39. The van der Waals surface area contributed by atoms with E-state index < -0.39 is 0 Å². The van der Waals surface area contributed by atoms with Crippen LogP contribution in [0.25, 0.3) is 0 Å². The van der Waals surface area contributed by atoms with Crippen molar-refractivity contribution in [3.05, 3.63) is 35.4 Å². The smallest absolute Gasteiger partial charge is 0.228 e. The first kappa shape index (κ1) is 15.0. The van der Waals surface area contributed by atoms with Gasteiger partial charge in [0.05, 0.1) is 5.41 Å². The monoisotopic (exact) mass is 323 g/mol. The first-order valence-electron chi connectivity index (χ1n) is 9.95. The van der Waals surface area contributed by atoms with Crippen molar-refractivity contribution in [3.8, 4) is 0 Å². The van der Waals surface area contributed by atoms with Gasteiger partial charge in [0.2, 0.25) is 5.91 Å². The van der Waals surface area contributed by atoms with Crippen molar-refractivity contribution < 1.29 is 4.79 Å². The maximum atomic E-state index is 13.5. The lowest BCUT2D eigenvalue weighted by molar-refractivity contribution is -0.159. The van der Waals surface area contributed by atoms with Gasteiger partial charge in [-0.15, -0.1) is 0 Å². The van der Waals surface area contributed by atoms with Gasteiger partial charge in [0.25, 0.3) is 0 Å². The zero-order valence-corrected chi connectivity index (χ0v) is 14.9. The predicted octanol–water partition coefficient (Wildman–Crippen LogP) is 4.46. The fourth-order valence-electron chi connectivity index (χ4n) is 7.01. The third-order valence-electron chi connectivity index (χ3n) is 7.57. The molecule has 5 fully saturated rings. The minimum Gasteiger partial charge on any atom is -0.342 e. The summed E-state index contributed by atoms with van der Waals surface area (Å²) >= 11 is 0. The van der Waals surface area contributed by atoms with E-state index >= 15 is 0 Å². The molecule has 2 unspecified atom stereocenters. The lowest BCUT2D eigenvalue weighted by Crippen LogP contribution is -2.59. The van der Waals surface area contributed by atoms with Gasteiger partial charge in [0, 0.05) is 13.1 Å². The number of nitrogens with zero attached hydrogens (tertiary/aromatic N) is 1. The van der Waals surface area contributed by atoms with Crippen LogP contribution < -0.4 is 0 Å². The van der Waals surface area contributed by atoms with E-state index in [1.165, 1.54) is 56.1 Å². The molecular formula is C22H29NO. The molecule has 0 spiro atoms. The van der Waals surface area contributed by atoms with E-state index in [0.717, 1.165) is 31.3 Å². The van der Waals surface area contributed by atoms with Gasteiger partial charge < -0.3 is 4.90 Å². The number of hydrogen-bond acceptors (Lipinski definition) is 1. The van der Waals surface area contributed by atoms with Crippen LogP contribution in [0.2, 0.25) is 0 Å². The first-order valence-corrected chi connectivity index (χ1v) is 9.95. The summed E-state index contributed by atoms with van der Waals surface area (Å²) < 4.78 is 0. The van der Waals surface area contributed by atoms with Gasteiger partial charge in [-0.2, -0.15) is 0 Å². The van der Waals surface area contributed by atoms with Crippen molar-refractivity contribution in [3.63, 3.8) is 0 Å². The SMILES string of the molecule is Cc1ccc(C23C[C@@H]4C[C@@H](CC(C(=O)N5CCCC5)(C4)C2)C3)cc1. The van der Waals surface area contributed by atoms with E-state index in [-0.39, 0.29) is 10.8 Å². The van der Waals surface area contributed by atoms with Gasteiger partial charge in [-0.1, -0.05) is 29.8 Å². The molecule has 6 rings (SSSR count). The van der Waals surface area contributed by atoms with E-state index in [0.29, 0.717) is 5.91 Å². The van der Waals surface area contributed by atoms with Gasteiger partial charge in [0.15, 0.2) is 0 Å². The molecule has 24 heavy (non-hydrogen) atoms. The van der Waals surface area contributed by atoms with E-state index in [2.05, 4.69) is 36.1 Å². The van der Waals surface area contributed by atoms with Crippen molar-refractivity contribution in [1.82, 2.24) is 4.90 Å². The first-order chi connectivity index (χ1) is 11.6. The van der Waals surface area contributed by atoms with Crippen molar-refractivity contribution in [2.24, 2.45) is 17.3 Å².